The van der Waals surface area contributed by atoms with Crippen molar-refractivity contribution in [3.8, 4) is 11.5 Å². The van der Waals surface area contributed by atoms with Gasteiger partial charge in [0, 0.05) is 30.9 Å². The molecule has 2 aromatic heterocycles. The molecule has 0 spiro atoms. The minimum Gasteiger partial charge on any atom is -0.497 e. The number of rotatable bonds is 6. The molecule has 1 aliphatic heterocycles. The van der Waals surface area contributed by atoms with Crippen LogP contribution in [0.5, 0.6) is 11.5 Å². The van der Waals surface area contributed by atoms with E-state index < -0.39 is 6.09 Å². The number of aromatic nitrogens is 3. The maximum Gasteiger partial charge on any atom is 0.407 e. The molecular formula is C25H32BrN5O4. The van der Waals surface area contributed by atoms with E-state index in [4.69, 9.17) is 14.6 Å². The number of nitrogens with one attached hydrogen (secondary N) is 1. The molecule has 1 aliphatic rings. The van der Waals surface area contributed by atoms with Gasteiger partial charge in [0.2, 0.25) is 0 Å². The molecule has 2 N–H and O–H groups in total. The lowest BCUT2D eigenvalue weighted by molar-refractivity contribution is 0.0249. The summed E-state index contributed by atoms with van der Waals surface area (Å²) in [5.41, 5.74) is 1.61. The number of fused-ring (bicyclic) bond motifs is 1. The molecule has 10 heteroatoms. The Balaban J connectivity index is 1.70. The van der Waals surface area contributed by atoms with Gasteiger partial charge in [0.25, 0.3) is 0 Å². The molecular weight excluding hydrogens is 514 g/mol. The molecule has 2 unspecified atom stereocenters. The topological polar surface area (TPSA) is 102 Å². The van der Waals surface area contributed by atoms with Gasteiger partial charge in [0.1, 0.15) is 21.9 Å². The first-order valence-corrected chi connectivity index (χ1v) is 12.4. The van der Waals surface area contributed by atoms with Gasteiger partial charge in [-0.1, -0.05) is 20.8 Å². The van der Waals surface area contributed by atoms with Crippen molar-refractivity contribution >= 4 is 38.7 Å². The Morgan fingerprint density at radius 2 is 2.03 bits per heavy atom. The molecule has 1 fully saturated rings. The third-order valence-electron chi connectivity index (χ3n) is 6.56. The predicted molar refractivity (Wildman–Crippen MR) is 138 cm³/mol. The third kappa shape index (κ3) is 4.89. The zero-order valence-corrected chi connectivity index (χ0v) is 22.3. The Hall–Kier alpha value is -3.01. The molecule has 0 aliphatic carbocycles. The van der Waals surface area contributed by atoms with Crippen LogP contribution in [0.3, 0.4) is 0 Å². The van der Waals surface area contributed by atoms with Crippen molar-refractivity contribution in [2.75, 3.05) is 26.1 Å². The number of amides is 1. The first-order valence-electron chi connectivity index (χ1n) is 11.6. The lowest BCUT2D eigenvalue weighted by Crippen LogP contribution is -2.54. The fraction of sp³-hybridized carbons (Fsp3) is 0.480. The number of piperidine rings is 1. The summed E-state index contributed by atoms with van der Waals surface area (Å²) in [5.74, 6) is 2.14. The highest BCUT2D eigenvalue weighted by Crippen LogP contribution is 2.41. The average Bonchev–Trinajstić information content (AvgIpc) is 3.18. The molecule has 3 heterocycles. The second-order valence-corrected chi connectivity index (χ2v) is 10.6. The Bertz CT molecular complexity index is 1220. The largest absolute Gasteiger partial charge is 0.497 e. The molecule has 1 saturated heterocycles. The number of nitrogens with zero attached hydrogens (tertiary/aromatic N) is 4. The number of benzene rings is 1. The number of halogens is 1. The standard InChI is InChI=1S/C25H32BrN5O4/c1-25(2,3)21-18(7-6-12-30(21)24(32)33)31-17-10-11-27-23(20(17)22(26)29-31)28-14-15-8-9-16(34-4)13-19(15)35-5/h8-11,13,18,21H,6-7,12,14H2,1-5H3,(H,27,28)(H,32,33). The number of hydrogen-bond donors (Lipinski definition) is 2. The predicted octanol–water partition coefficient (Wildman–Crippen LogP) is 5.55. The van der Waals surface area contributed by atoms with E-state index >= 15 is 0 Å². The number of methoxy groups -OCH3 is 2. The van der Waals surface area contributed by atoms with E-state index in [2.05, 4.69) is 47.0 Å². The van der Waals surface area contributed by atoms with Crippen LogP contribution < -0.4 is 14.8 Å². The van der Waals surface area contributed by atoms with Crippen LogP contribution in [0.1, 0.15) is 45.2 Å². The summed E-state index contributed by atoms with van der Waals surface area (Å²) in [6.45, 7) is 7.29. The van der Waals surface area contributed by atoms with Crippen LogP contribution in [0.15, 0.2) is 35.1 Å². The van der Waals surface area contributed by atoms with E-state index in [1.54, 1.807) is 25.3 Å². The zero-order chi connectivity index (χ0) is 25.3. The van der Waals surface area contributed by atoms with E-state index in [1.165, 1.54) is 0 Å². The number of carbonyl (C=O) groups is 1. The van der Waals surface area contributed by atoms with Gasteiger partial charge in [-0.2, -0.15) is 5.10 Å². The molecule has 188 valence electrons. The third-order valence-corrected chi connectivity index (χ3v) is 7.12. The Kier molecular flexibility index (Phi) is 7.12. The van der Waals surface area contributed by atoms with Crippen molar-refractivity contribution in [2.24, 2.45) is 5.41 Å². The molecule has 2 atom stereocenters. The monoisotopic (exact) mass is 545 g/mol. The fourth-order valence-corrected chi connectivity index (χ4v) is 5.66. The Morgan fingerprint density at radius 1 is 1.26 bits per heavy atom. The van der Waals surface area contributed by atoms with E-state index in [9.17, 15) is 9.90 Å². The first kappa shape index (κ1) is 25.1. The smallest absolute Gasteiger partial charge is 0.407 e. The van der Waals surface area contributed by atoms with Gasteiger partial charge in [-0.3, -0.25) is 4.68 Å². The fourth-order valence-electron chi connectivity index (χ4n) is 5.10. The van der Waals surface area contributed by atoms with Crippen molar-refractivity contribution in [3.05, 3.63) is 40.6 Å². The van der Waals surface area contributed by atoms with Gasteiger partial charge in [0.15, 0.2) is 0 Å². The number of ether oxygens (including phenoxy) is 2. The maximum absolute atomic E-state index is 12.1. The summed E-state index contributed by atoms with van der Waals surface area (Å²) in [6.07, 6.45) is 2.51. The van der Waals surface area contributed by atoms with Crippen molar-refractivity contribution in [3.63, 3.8) is 0 Å². The Morgan fingerprint density at radius 3 is 2.69 bits per heavy atom. The van der Waals surface area contributed by atoms with E-state index in [0.29, 0.717) is 23.5 Å². The van der Waals surface area contributed by atoms with Crippen LogP contribution in [0.2, 0.25) is 0 Å². The second kappa shape index (κ2) is 9.93. The van der Waals surface area contributed by atoms with Crippen molar-refractivity contribution in [1.82, 2.24) is 19.7 Å². The molecule has 0 saturated carbocycles. The molecule has 3 aromatic rings. The van der Waals surface area contributed by atoms with E-state index in [1.807, 2.05) is 28.9 Å². The lowest BCUT2D eigenvalue weighted by Gasteiger charge is -2.46. The van der Waals surface area contributed by atoms with Gasteiger partial charge in [-0.15, -0.1) is 0 Å². The molecule has 9 nitrogen and oxygen atoms in total. The van der Waals surface area contributed by atoms with Crippen LogP contribution in [0.25, 0.3) is 10.9 Å². The normalized spacial score (nSPS) is 18.5. The lowest BCUT2D eigenvalue weighted by atomic mass is 9.77. The highest BCUT2D eigenvalue weighted by atomic mass is 79.9. The van der Waals surface area contributed by atoms with Crippen molar-refractivity contribution in [2.45, 2.75) is 52.2 Å². The second-order valence-electron chi connectivity index (χ2n) is 9.82. The van der Waals surface area contributed by atoms with Crippen molar-refractivity contribution < 1.29 is 19.4 Å². The van der Waals surface area contributed by atoms with Crippen LogP contribution in [-0.2, 0) is 6.54 Å². The summed E-state index contributed by atoms with van der Waals surface area (Å²) in [7, 11) is 3.26. The highest BCUT2D eigenvalue weighted by molar-refractivity contribution is 9.10. The minimum atomic E-state index is -0.886. The number of hydrogen-bond acceptors (Lipinski definition) is 6. The average molecular weight is 546 g/mol. The molecule has 1 aromatic carbocycles. The molecule has 0 bridgehead atoms. The van der Waals surface area contributed by atoms with Crippen molar-refractivity contribution in [1.29, 1.82) is 0 Å². The summed E-state index contributed by atoms with van der Waals surface area (Å²) in [5, 5.41) is 19.0. The summed E-state index contributed by atoms with van der Waals surface area (Å²) >= 11 is 3.64. The van der Waals surface area contributed by atoms with Crippen LogP contribution in [0.4, 0.5) is 10.6 Å². The minimum absolute atomic E-state index is 0.0921. The number of carboxylic acid groups (broad SMARTS) is 1. The van der Waals surface area contributed by atoms with Gasteiger partial charge in [-0.05, 0) is 52.4 Å². The van der Waals surface area contributed by atoms with Gasteiger partial charge in [0.05, 0.1) is 37.2 Å². The highest BCUT2D eigenvalue weighted by Gasteiger charge is 2.43. The van der Waals surface area contributed by atoms with E-state index in [-0.39, 0.29) is 17.5 Å². The van der Waals surface area contributed by atoms with Gasteiger partial charge < -0.3 is 24.8 Å². The van der Waals surface area contributed by atoms with E-state index in [0.717, 1.165) is 40.8 Å². The SMILES string of the molecule is COc1ccc(CNc2nccc3c2c(Br)nn3C2CCCN(C(=O)O)C2C(C)(C)C)c(OC)c1. The Labute approximate surface area is 213 Å². The number of likely N-dealkylation sites (tertiary alicyclic amines) is 1. The summed E-state index contributed by atoms with van der Waals surface area (Å²) in [4.78, 5) is 18.2. The zero-order valence-electron chi connectivity index (χ0n) is 20.7. The molecule has 1 amide bonds. The summed E-state index contributed by atoms with van der Waals surface area (Å²) < 4.78 is 13.5. The molecule has 35 heavy (non-hydrogen) atoms. The first-order chi connectivity index (χ1) is 16.7. The molecule has 4 rings (SSSR count). The number of anilines is 1. The van der Waals surface area contributed by atoms with Crippen LogP contribution in [0, 0.1) is 5.41 Å². The number of pyridine rings is 1. The molecule has 0 radical (unpaired) electrons. The van der Waals surface area contributed by atoms with Gasteiger partial charge >= 0.3 is 6.09 Å². The summed E-state index contributed by atoms with van der Waals surface area (Å²) in [6, 6.07) is 7.34. The van der Waals surface area contributed by atoms with Crippen LogP contribution in [-0.4, -0.2) is 57.7 Å². The quantitative estimate of drug-likeness (QED) is 0.418. The van der Waals surface area contributed by atoms with Crippen LogP contribution >= 0.6 is 15.9 Å². The van der Waals surface area contributed by atoms with Gasteiger partial charge in [-0.25, -0.2) is 9.78 Å². The maximum atomic E-state index is 12.1.